The fraction of sp³-hybridized carbons (Fsp3) is 0.667. The van der Waals surface area contributed by atoms with Crippen molar-refractivity contribution in [2.45, 2.75) is 51.6 Å². The molecular weight excluding hydrogens is 296 g/mol. The van der Waals surface area contributed by atoms with Crippen LogP contribution in [0.1, 0.15) is 39.5 Å². The van der Waals surface area contributed by atoms with Crippen LogP contribution in [-0.2, 0) is 28.9 Å². The summed E-state index contributed by atoms with van der Waals surface area (Å²) >= 11 is 0. The molecule has 22 heavy (non-hydrogen) atoms. The zero-order valence-electron chi connectivity index (χ0n) is 12.6. The molecule has 2 unspecified atom stereocenters. The van der Waals surface area contributed by atoms with Gasteiger partial charge >= 0.3 is 11.9 Å². The van der Waals surface area contributed by atoms with Crippen LogP contribution in [-0.4, -0.2) is 35.8 Å². The second-order valence-corrected chi connectivity index (χ2v) is 4.43. The molecule has 0 aliphatic heterocycles. The minimum absolute atomic E-state index is 0.120. The Morgan fingerprint density at radius 3 is 1.41 bits per heavy atom. The molecule has 0 aromatic heterocycles. The van der Waals surface area contributed by atoms with Crippen molar-refractivity contribution in [1.29, 1.82) is 0 Å². The molecule has 0 spiro atoms. The second-order valence-electron chi connectivity index (χ2n) is 4.43. The molecule has 0 radical (unpaired) electrons. The first kappa shape index (κ1) is 19.8. The van der Waals surface area contributed by atoms with Crippen LogP contribution in [0.15, 0.2) is 0 Å². The van der Waals surface area contributed by atoms with E-state index in [4.69, 9.17) is 11.5 Å². The summed E-state index contributed by atoms with van der Waals surface area (Å²) in [5.41, 5.74) is 14.5. The lowest BCUT2D eigenvalue weighted by Gasteiger charge is -2.17. The van der Waals surface area contributed by atoms with Gasteiger partial charge in [-0.15, -0.1) is 0 Å². The third-order valence-electron chi connectivity index (χ3n) is 2.43. The molecule has 0 bridgehead atoms. The van der Waals surface area contributed by atoms with Gasteiger partial charge in [0.1, 0.15) is 12.1 Å². The molecule has 10 nitrogen and oxygen atoms in total. The van der Waals surface area contributed by atoms with E-state index in [1.165, 1.54) is 0 Å². The normalized spacial score (nSPS) is 12.7. The summed E-state index contributed by atoms with van der Waals surface area (Å²) in [7, 11) is 0. The molecule has 0 saturated carbocycles. The molecule has 0 aromatic rings. The first-order valence-corrected chi connectivity index (χ1v) is 6.83. The summed E-state index contributed by atoms with van der Waals surface area (Å²) in [6.45, 7) is 3.52. The van der Waals surface area contributed by atoms with Gasteiger partial charge in [0.05, 0.1) is 0 Å². The van der Waals surface area contributed by atoms with E-state index in [9.17, 15) is 19.2 Å². The highest BCUT2D eigenvalue weighted by Gasteiger charge is 2.29. The van der Waals surface area contributed by atoms with Gasteiger partial charge in [-0.3, -0.25) is 9.59 Å². The average Bonchev–Trinajstić information content (AvgIpc) is 2.49. The number of hydroxylamine groups is 2. The lowest BCUT2D eigenvalue weighted by atomic mass is 10.1. The lowest BCUT2D eigenvalue weighted by molar-refractivity contribution is -0.161. The van der Waals surface area contributed by atoms with Gasteiger partial charge in [-0.2, -0.15) is 11.0 Å². The first-order valence-electron chi connectivity index (χ1n) is 6.83. The van der Waals surface area contributed by atoms with Gasteiger partial charge in [-0.25, -0.2) is 9.59 Å². The number of carbonyl (C=O) groups excluding carboxylic acids is 4. The summed E-state index contributed by atoms with van der Waals surface area (Å²) in [5.74, 6) is -3.19. The molecule has 0 aromatic carbocycles. The number of nitrogens with two attached hydrogens (primary N) is 2. The van der Waals surface area contributed by atoms with Crippen LogP contribution in [0.4, 0.5) is 0 Å². The van der Waals surface area contributed by atoms with E-state index in [2.05, 4.69) is 9.68 Å². The maximum atomic E-state index is 11.6. The van der Waals surface area contributed by atoms with Gasteiger partial charge in [0, 0.05) is 12.8 Å². The van der Waals surface area contributed by atoms with Gasteiger partial charge < -0.3 is 21.1 Å². The van der Waals surface area contributed by atoms with E-state index in [1.54, 1.807) is 24.8 Å². The van der Waals surface area contributed by atoms with Crippen LogP contribution in [0.25, 0.3) is 0 Å². The van der Waals surface area contributed by atoms with Gasteiger partial charge in [-0.05, 0) is 12.8 Å². The fourth-order valence-electron chi connectivity index (χ4n) is 1.19. The Morgan fingerprint density at radius 1 is 0.818 bits per heavy atom. The van der Waals surface area contributed by atoms with Gasteiger partial charge in [0.25, 0.3) is 11.8 Å². The molecule has 0 rings (SSSR count). The molecule has 2 amide bonds. The summed E-state index contributed by atoms with van der Waals surface area (Å²) in [6.07, 6.45) is 1.34. The van der Waals surface area contributed by atoms with E-state index in [0.717, 1.165) is 0 Å². The topological polar surface area (TPSA) is 163 Å². The van der Waals surface area contributed by atoms with Crippen LogP contribution in [0.5, 0.6) is 0 Å². The Bertz CT molecular complexity index is 376. The maximum absolute atomic E-state index is 11.6. The molecule has 0 heterocycles. The van der Waals surface area contributed by atoms with Crippen LogP contribution in [0.3, 0.4) is 0 Å². The number of hydrogen-bond acceptors (Lipinski definition) is 8. The summed E-state index contributed by atoms with van der Waals surface area (Å²) in [4.78, 5) is 54.1. The molecular formula is C12H22N4O6. The second kappa shape index (κ2) is 10.5. The van der Waals surface area contributed by atoms with Crippen molar-refractivity contribution >= 4 is 23.8 Å². The van der Waals surface area contributed by atoms with E-state index in [-0.39, 0.29) is 12.8 Å². The molecule has 2 atom stereocenters. The van der Waals surface area contributed by atoms with Crippen molar-refractivity contribution in [3.8, 4) is 0 Å². The Balaban J connectivity index is 4.24. The van der Waals surface area contributed by atoms with Crippen LogP contribution in [0, 0.1) is 0 Å². The highest BCUT2D eigenvalue weighted by molar-refractivity contribution is 5.92. The SMILES string of the molecule is CCCC(=O)ONC(=O)C(N)C(N)C(=O)NOC(=O)CCC. The van der Waals surface area contributed by atoms with Crippen LogP contribution >= 0.6 is 0 Å². The third-order valence-corrected chi connectivity index (χ3v) is 2.43. The minimum Gasteiger partial charge on any atom is -0.341 e. The molecule has 0 saturated heterocycles. The van der Waals surface area contributed by atoms with E-state index in [0.29, 0.717) is 12.8 Å². The van der Waals surface area contributed by atoms with Crippen molar-refractivity contribution in [3.05, 3.63) is 0 Å². The van der Waals surface area contributed by atoms with Crippen molar-refractivity contribution in [1.82, 2.24) is 11.0 Å². The van der Waals surface area contributed by atoms with Crippen molar-refractivity contribution in [2.24, 2.45) is 11.5 Å². The van der Waals surface area contributed by atoms with Crippen LogP contribution in [0.2, 0.25) is 0 Å². The van der Waals surface area contributed by atoms with E-state index >= 15 is 0 Å². The number of hydrogen-bond donors (Lipinski definition) is 4. The van der Waals surface area contributed by atoms with Crippen LogP contribution < -0.4 is 22.4 Å². The number of amides is 2. The molecule has 0 fully saturated rings. The molecule has 0 aliphatic carbocycles. The van der Waals surface area contributed by atoms with Gasteiger partial charge in [0.15, 0.2) is 0 Å². The highest BCUT2D eigenvalue weighted by Crippen LogP contribution is 1.93. The van der Waals surface area contributed by atoms with Crippen molar-refractivity contribution < 1.29 is 28.9 Å². The largest absolute Gasteiger partial charge is 0.341 e. The quantitative estimate of drug-likeness (QED) is 0.407. The fourth-order valence-corrected chi connectivity index (χ4v) is 1.19. The Hall–Kier alpha value is -2.20. The van der Waals surface area contributed by atoms with Crippen molar-refractivity contribution in [3.63, 3.8) is 0 Å². The van der Waals surface area contributed by atoms with Gasteiger partial charge in [0.2, 0.25) is 0 Å². The molecule has 0 aliphatic rings. The summed E-state index contributed by atoms with van der Waals surface area (Å²) in [6, 6.07) is -2.97. The first-order chi connectivity index (χ1) is 10.3. The zero-order chi connectivity index (χ0) is 17.1. The van der Waals surface area contributed by atoms with Crippen molar-refractivity contribution in [2.75, 3.05) is 0 Å². The number of rotatable bonds is 7. The summed E-state index contributed by atoms with van der Waals surface area (Å²) < 4.78 is 0. The van der Waals surface area contributed by atoms with E-state index in [1.807, 2.05) is 0 Å². The van der Waals surface area contributed by atoms with E-state index < -0.39 is 35.8 Å². The average molecular weight is 318 g/mol. The predicted molar refractivity (Wildman–Crippen MR) is 74.2 cm³/mol. The monoisotopic (exact) mass is 318 g/mol. The van der Waals surface area contributed by atoms with Gasteiger partial charge in [-0.1, -0.05) is 13.8 Å². The minimum atomic E-state index is -1.49. The number of nitrogens with one attached hydrogen (secondary N) is 2. The smallest absolute Gasteiger partial charge is 0.332 e. The standard InChI is InChI=1S/C12H22N4O6/c1-3-5-7(17)21-15-11(19)9(13)10(14)12(20)16-22-8(18)6-4-2/h9-10H,3-6,13-14H2,1-2H3,(H,15,19)(H,16,20). The Labute approximate surface area is 127 Å². The Morgan fingerprint density at radius 2 is 1.14 bits per heavy atom. The zero-order valence-corrected chi connectivity index (χ0v) is 12.6. The Kier molecular flexibility index (Phi) is 9.46. The highest BCUT2D eigenvalue weighted by atomic mass is 16.7. The maximum Gasteiger partial charge on any atom is 0.332 e. The number of carbonyl (C=O) groups is 4. The third kappa shape index (κ3) is 7.55. The lowest BCUT2D eigenvalue weighted by Crippen LogP contribution is -2.58. The molecule has 6 N–H and O–H groups in total. The molecule has 10 heteroatoms. The molecule has 126 valence electrons. The predicted octanol–water partition coefficient (Wildman–Crippen LogP) is -1.61. The summed E-state index contributed by atoms with van der Waals surface area (Å²) in [5, 5.41) is 0.